The molecule has 0 aromatic carbocycles. The molecule has 1 atom stereocenters. The number of likely N-dealkylation sites (tertiary alicyclic amines) is 1. The third-order valence-electron chi connectivity index (χ3n) is 5.88. The minimum Gasteiger partial charge on any atom is -0.364 e. The van der Waals surface area contributed by atoms with Crippen LogP contribution in [0.25, 0.3) is 0 Å². The topological polar surface area (TPSA) is 60.1 Å². The van der Waals surface area contributed by atoms with Crippen LogP contribution >= 0.6 is 0 Å². The molecule has 2 fully saturated rings. The van der Waals surface area contributed by atoms with E-state index in [2.05, 4.69) is 39.0 Å². The van der Waals surface area contributed by atoms with Gasteiger partial charge in [-0.3, -0.25) is 14.8 Å². The van der Waals surface area contributed by atoms with Crippen LogP contribution in [0.2, 0.25) is 0 Å². The molecule has 0 amide bonds. The average Bonchev–Trinajstić information content (AvgIpc) is 3.24. The van der Waals surface area contributed by atoms with Crippen LogP contribution < -0.4 is 5.32 Å². The Balaban J connectivity index is 1.52. The first-order chi connectivity index (χ1) is 13.8. The highest BCUT2D eigenvalue weighted by atomic mass is 16.5. The van der Waals surface area contributed by atoms with Crippen molar-refractivity contribution in [2.75, 3.05) is 52.4 Å². The maximum atomic E-state index is 5.06. The Morgan fingerprint density at radius 3 is 2.79 bits per heavy atom. The maximum Gasteiger partial charge on any atom is 0.194 e. The maximum absolute atomic E-state index is 5.06. The second kappa shape index (κ2) is 11.4. The molecule has 158 valence electrons. The summed E-state index contributed by atoms with van der Waals surface area (Å²) in [4.78, 5) is 12.6. The number of nitrogens with zero attached hydrogens (tertiary/aromatic N) is 5. The lowest BCUT2D eigenvalue weighted by molar-refractivity contribution is 0.149. The van der Waals surface area contributed by atoms with Gasteiger partial charge in [-0.25, -0.2) is 0 Å². The summed E-state index contributed by atoms with van der Waals surface area (Å²) >= 11 is 0. The number of nitrogens with one attached hydrogen (secondary N) is 1. The van der Waals surface area contributed by atoms with Gasteiger partial charge in [0.2, 0.25) is 0 Å². The Morgan fingerprint density at radius 1 is 1.21 bits per heavy atom. The summed E-state index contributed by atoms with van der Waals surface area (Å²) in [6.07, 6.45) is 8.20. The Morgan fingerprint density at radius 2 is 2.07 bits per heavy atom. The first kappa shape index (κ1) is 21.1. The van der Waals surface area contributed by atoms with Crippen molar-refractivity contribution in [1.29, 1.82) is 0 Å². The van der Waals surface area contributed by atoms with Crippen LogP contribution in [-0.2, 0) is 6.54 Å². The molecule has 3 heterocycles. The van der Waals surface area contributed by atoms with E-state index in [0.717, 1.165) is 57.5 Å². The minimum atomic E-state index is 0.613. The van der Waals surface area contributed by atoms with Gasteiger partial charge >= 0.3 is 0 Å². The van der Waals surface area contributed by atoms with E-state index < -0.39 is 0 Å². The average molecular weight is 391 g/mol. The van der Waals surface area contributed by atoms with Gasteiger partial charge in [0.25, 0.3) is 0 Å². The number of unbranched alkanes of at least 4 members (excludes halogenated alkanes) is 1. The van der Waals surface area contributed by atoms with Gasteiger partial charge in [0.05, 0.1) is 12.2 Å². The van der Waals surface area contributed by atoms with Gasteiger partial charge in [-0.05, 0) is 39.3 Å². The van der Waals surface area contributed by atoms with Gasteiger partial charge in [0, 0.05) is 51.4 Å². The summed E-state index contributed by atoms with van der Waals surface area (Å²) in [5.74, 6) is 1.09. The number of piperidine rings is 1. The van der Waals surface area contributed by atoms with Gasteiger partial charge in [0.1, 0.15) is 6.26 Å². The molecule has 0 aliphatic carbocycles. The molecule has 0 saturated carbocycles. The van der Waals surface area contributed by atoms with Crippen LogP contribution in [0.15, 0.2) is 21.8 Å². The Labute approximate surface area is 170 Å². The van der Waals surface area contributed by atoms with Crippen LogP contribution in [0, 0.1) is 0 Å². The van der Waals surface area contributed by atoms with E-state index in [4.69, 9.17) is 9.52 Å². The first-order valence-electron chi connectivity index (χ1n) is 11.2. The van der Waals surface area contributed by atoms with E-state index in [-0.39, 0.29) is 0 Å². The summed E-state index contributed by atoms with van der Waals surface area (Å²) in [6.45, 7) is 13.7. The summed E-state index contributed by atoms with van der Waals surface area (Å²) in [6, 6.07) is 2.56. The molecule has 7 nitrogen and oxygen atoms in total. The van der Waals surface area contributed by atoms with E-state index in [1.54, 1.807) is 6.26 Å². The van der Waals surface area contributed by atoms with Gasteiger partial charge in [-0.15, -0.1) is 0 Å². The molecule has 2 saturated heterocycles. The Bertz CT molecular complexity index is 567. The second-order valence-corrected chi connectivity index (χ2v) is 7.99. The summed E-state index contributed by atoms with van der Waals surface area (Å²) in [5.41, 5.74) is 1.01. The second-order valence-electron chi connectivity index (χ2n) is 7.99. The number of aromatic nitrogens is 1. The predicted octanol–water partition coefficient (Wildman–Crippen LogP) is 2.41. The number of aliphatic imine (C=N–C) groups is 1. The number of hydrogen-bond donors (Lipinski definition) is 1. The lowest BCUT2D eigenvalue weighted by Crippen LogP contribution is -2.52. The number of rotatable bonds is 8. The molecule has 1 aromatic rings. The van der Waals surface area contributed by atoms with Gasteiger partial charge in [0.15, 0.2) is 5.96 Å². The van der Waals surface area contributed by atoms with Crippen molar-refractivity contribution in [1.82, 2.24) is 25.2 Å². The van der Waals surface area contributed by atoms with Crippen molar-refractivity contribution in [2.24, 2.45) is 4.99 Å². The van der Waals surface area contributed by atoms with Crippen molar-refractivity contribution < 1.29 is 4.52 Å². The third-order valence-corrected chi connectivity index (χ3v) is 5.88. The number of guanidine groups is 1. The predicted molar refractivity (Wildman–Crippen MR) is 113 cm³/mol. The van der Waals surface area contributed by atoms with E-state index in [9.17, 15) is 0 Å². The smallest absolute Gasteiger partial charge is 0.194 e. The highest BCUT2D eigenvalue weighted by molar-refractivity contribution is 5.80. The van der Waals surface area contributed by atoms with Gasteiger partial charge in [-0.1, -0.05) is 24.9 Å². The lowest BCUT2D eigenvalue weighted by Gasteiger charge is -2.37. The molecular formula is C21H38N6O. The molecule has 1 unspecified atom stereocenters. The van der Waals surface area contributed by atoms with Crippen molar-refractivity contribution >= 4 is 5.96 Å². The highest BCUT2D eigenvalue weighted by Gasteiger charge is 2.23. The van der Waals surface area contributed by atoms with Gasteiger partial charge in [-0.2, -0.15) is 0 Å². The Kier molecular flexibility index (Phi) is 8.61. The summed E-state index contributed by atoms with van der Waals surface area (Å²) in [5, 5.41) is 7.55. The molecule has 1 aromatic heterocycles. The monoisotopic (exact) mass is 390 g/mol. The molecular weight excluding hydrogens is 352 g/mol. The molecule has 1 N–H and O–H groups in total. The highest BCUT2D eigenvalue weighted by Crippen LogP contribution is 2.18. The van der Waals surface area contributed by atoms with Crippen LogP contribution in [-0.4, -0.2) is 84.2 Å². The molecule has 0 bridgehead atoms. The molecule has 7 heteroatoms. The van der Waals surface area contributed by atoms with Crippen molar-refractivity contribution in [3.8, 4) is 0 Å². The Hall–Kier alpha value is -1.60. The van der Waals surface area contributed by atoms with Crippen molar-refractivity contribution in [3.05, 3.63) is 18.0 Å². The summed E-state index contributed by atoms with van der Waals surface area (Å²) < 4.78 is 4.95. The standard InChI is InChI=1S/C21H38N6O/c1-3-5-10-26-11-7-6-8-20(26)17-23-21(22-4-2)27-14-12-25(13-15-27)18-19-9-16-28-24-19/h9,16,20H,3-8,10-15,17-18H2,1-2H3,(H,22,23). The van der Waals surface area contributed by atoms with E-state index in [0.29, 0.717) is 6.04 Å². The van der Waals surface area contributed by atoms with Crippen molar-refractivity contribution in [3.63, 3.8) is 0 Å². The molecule has 3 rings (SSSR count). The zero-order valence-electron chi connectivity index (χ0n) is 17.8. The minimum absolute atomic E-state index is 0.613. The fraction of sp³-hybridized carbons (Fsp3) is 0.810. The van der Waals surface area contributed by atoms with E-state index in [1.807, 2.05) is 6.07 Å². The summed E-state index contributed by atoms with van der Waals surface area (Å²) in [7, 11) is 0. The lowest BCUT2D eigenvalue weighted by atomic mass is 10.0. The molecule has 0 radical (unpaired) electrons. The van der Waals surface area contributed by atoms with Crippen molar-refractivity contribution in [2.45, 2.75) is 58.5 Å². The quantitative estimate of drug-likeness (QED) is 0.543. The molecule has 28 heavy (non-hydrogen) atoms. The largest absolute Gasteiger partial charge is 0.364 e. The van der Waals surface area contributed by atoms with E-state index >= 15 is 0 Å². The number of piperazine rings is 1. The molecule has 2 aliphatic heterocycles. The van der Waals surface area contributed by atoms with Crippen LogP contribution in [0.5, 0.6) is 0 Å². The SMILES string of the molecule is CCCCN1CCCCC1CN=C(NCC)N1CCN(Cc2ccon2)CC1. The van der Waals surface area contributed by atoms with E-state index in [1.165, 1.54) is 45.2 Å². The zero-order chi connectivity index (χ0) is 19.6. The van der Waals surface area contributed by atoms with Gasteiger partial charge < -0.3 is 14.7 Å². The zero-order valence-corrected chi connectivity index (χ0v) is 17.8. The number of hydrogen-bond acceptors (Lipinski definition) is 5. The van der Waals surface area contributed by atoms with Crippen LogP contribution in [0.4, 0.5) is 0 Å². The third kappa shape index (κ3) is 6.21. The first-order valence-corrected chi connectivity index (χ1v) is 11.2. The molecule has 2 aliphatic rings. The normalized spacial score (nSPS) is 22.6. The fourth-order valence-electron chi connectivity index (χ4n) is 4.21. The van der Waals surface area contributed by atoms with Crippen LogP contribution in [0.3, 0.4) is 0 Å². The van der Waals surface area contributed by atoms with Crippen LogP contribution in [0.1, 0.15) is 51.6 Å². The molecule has 0 spiro atoms. The fourth-order valence-corrected chi connectivity index (χ4v) is 4.21.